The molecule has 0 aliphatic carbocycles. The first-order valence-corrected chi connectivity index (χ1v) is 11.7. The van der Waals surface area contributed by atoms with Crippen molar-refractivity contribution in [1.82, 2.24) is 15.1 Å². The number of carbonyl (C=O) groups is 1. The lowest BCUT2D eigenvalue weighted by Crippen LogP contribution is -2.29. The summed E-state index contributed by atoms with van der Waals surface area (Å²) in [5, 5.41) is 18.4. The number of aromatic hydroxyl groups is 1. The molecule has 4 aromatic rings. The Balaban J connectivity index is 1.67. The monoisotopic (exact) mass is 451 g/mol. The normalized spacial score (nSPS) is 15.1. The summed E-state index contributed by atoms with van der Waals surface area (Å²) in [4.78, 5) is 15.5. The van der Waals surface area contributed by atoms with Crippen molar-refractivity contribution in [2.75, 3.05) is 0 Å². The van der Waals surface area contributed by atoms with Crippen LogP contribution in [-0.2, 0) is 13.0 Å². The number of nitrogens with one attached hydrogen (secondary N) is 1. The average molecular weight is 452 g/mol. The first-order chi connectivity index (χ1) is 16.4. The zero-order valence-corrected chi connectivity index (χ0v) is 20.0. The third-order valence-corrected chi connectivity index (χ3v) is 6.74. The van der Waals surface area contributed by atoms with Gasteiger partial charge in [0.1, 0.15) is 17.1 Å². The van der Waals surface area contributed by atoms with Crippen LogP contribution in [0.1, 0.15) is 62.4 Å². The van der Waals surface area contributed by atoms with Gasteiger partial charge in [-0.1, -0.05) is 67.1 Å². The molecule has 5 heteroatoms. The van der Waals surface area contributed by atoms with E-state index in [-0.39, 0.29) is 17.7 Å². The van der Waals surface area contributed by atoms with Crippen LogP contribution in [0.5, 0.6) is 5.75 Å². The Morgan fingerprint density at radius 2 is 1.62 bits per heavy atom. The zero-order valence-electron chi connectivity index (χ0n) is 20.0. The maximum Gasteiger partial charge on any atom is 0.273 e. The number of H-pyrrole nitrogens is 1. The van der Waals surface area contributed by atoms with E-state index in [0.717, 1.165) is 34.2 Å². The number of fused-ring (bicyclic) bond motifs is 1. The van der Waals surface area contributed by atoms with Crippen molar-refractivity contribution >= 4 is 5.91 Å². The second kappa shape index (κ2) is 8.49. The van der Waals surface area contributed by atoms with Gasteiger partial charge in [0.2, 0.25) is 0 Å². The Kier molecular flexibility index (Phi) is 5.48. The molecule has 1 amide bonds. The smallest absolute Gasteiger partial charge is 0.273 e. The van der Waals surface area contributed by atoms with Gasteiger partial charge in [-0.15, -0.1) is 0 Å². The Bertz CT molecular complexity index is 1370. The van der Waals surface area contributed by atoms with Crippen molar-refractivity contribution in [2.24, 2.45) is 0 Å². The highest BCUT2D eigenvalue weighted by atomic mass is 16.3. The van der Waals surface area contributed by atoms with Crippen LogP contribution in [0, 0.1) is 20.8 Å². The predicted octanol–water partition coefficient (Wildman–Crippen LogP) is 6.02. The molecule has 1 unspecified atom stereocenters. The van der Waals surface area contributed by atoms with E-state index in [1.54, 1.807) is 0 Å². The molecule has 0 bridgehead atoms. The highest BCUT2D eigenvalue weighted by Crippen LogP contribution is 2.45. The van der Waals surface area contributed by atoms with Crippen molar-refractivity contribution in [2.45, 2.75) is 46.7 Å². The Hall–Kier alpha value is -3.86. The highest BCUT2D eigenvalue weighted by molar-refractivity contribution is 6.00. The van der Waals surface area contributed by atoms with Crippen LogP contribution in [0.15, 0.2) is 60.7 Å². The Labute approximate surface area is 200 Å². The van der Waals surface area contributed by atoms with Gasteiger partial charge in [0.15, 0.2) is 0 Å². The van der Waals surface area contributed by atoms with Gasteiger partial charge >= 0.3 is 0 Å². The number of phenols is 1. The maximum absolute atomic E-state index is 13.6. The lowest BCUT2D eigenvalue weighted by molar-refractivity contribution is 0.0730. The minimum atomic E-state index is -0.302. The molecule has 3 aromatic carbocycles. The van der Waals surface area contributed by atoms with E-state index < -0.39 is 0 Å². The molecule has 1 aliphatic heterocycles. The number of aryl methyl sites for hydroxylation is 4. The topological polar surface area (TPSA) is 69.2 Å². The molecule has 0 saturated carbocycles. The molecular weight excluding hydrogens is 422 g/mol. The van der Waals surface area contributed by atoms with Gasteiger partial charge in [-0.2, -0.15) is 5.10 Å². The van der Waals surface area contributed by atoms with Crippen molar-refractivity contribution < 1.29 is 9.90 Å². The van der Waals surface area contributed by atoms with E-state index in [0.29, 0.717) is 23.5 Å². The minimum Gasteiger partial charge on any atom is -0.507 e. The first-order valence-electron chi connectivity index (χ1n) is 11.7. The lowest BCUT2D eigenvalue weighted by Gasteiger charge is -2.27. The van der Waals surface area contributed by atoms with Crippen molar-refractivity contribution in [3.63, 3.8) is 0 Å². The summed E-state index contributed by atoms with van der Waals surface area (Å²) in [6, 6.07) is 20.3. The van der Waals surface area contributed by atoms with E-state index in [4.69, 9.17) is 0 Å². The van der Waals surface area contributed by atoms with Crippen LogP contribution in [0.4, 0.5) is 0 Å². The van der Waals surface area contributed by atoms with Crippen LogP contribution in [0.2, 0.25) is 0 Å². The molecule has 1 aromatic heterocycles. The van der Waals surface area contributed by atoms with Gasteiger partial charge < -0.3 is 10.0 Å². The molecular formula is C29H29N3O2. The maximum atomic E-state index is 13.6. The minimum absolute atomic E-state index is 0.0808. The van der Waals surface area contributed by atoms with Crippen molar-refractivity contribution in [3.05, 3.63) is 105 Å². The van der Waals surface area contributed by atoms with E-state index in [9.17, 15) is 9.90 Å². The highest BCUT2D eigenvalue weighted by Gasteiger charge is 2.42. The van der Waals surface area contributed by atoms with Crippen LogP contribution in [-0.4, -0.2) is 26.1 Å². The van der Waals surface area contributed by atoms with Gasteiger partial charge in [0.05, 0.1) is 6.04 Å². The number of hydrogen-bond donors (Lipinski definition) is 2. The number of rotatable bonds is 5. The van der Waals surface area contributed by atoms with Gasteiger partial charge in [0.25, 0.3) is 5.91 Å². The predicted molar refractivity (Wildman–Crippen MR) is 134 cm³/mol. The number of aromatic amines is 1. The second-order valence-corrected chi connectivity index (χ2v) is 9.26. The molecule has 0 spiro atoms. The average Bonchev–Trinajstić information content (AvgIpc) is 3.37. The summed E-state index contributed by atoms with van der Waals surface area (Å²) in [5.41, 5.74) is 8.95. The molecule has 2 N–H and O–H groups in total. The molecule has 1 aliphatic rings. The third-order valence-electron chi connectivity index (χ3n) is 6.74. The molecule has 0 fully saturated rings. The first kappa shape index (κ1) is 22.0. The number of aromatic nitrogens is 2. The summed E-state index contributed by atoms with van der Waals surface area (Å²) in [6.07, 6.45) is 0.954. The summed E-state index contributed by atoms with van der Waals surface area (Å²) in [7, 11) is 0. The molecule has 2 heterocycles. The Morgan fingerprint density at radius 3 is 2.29 bits per heavy atom. The fourth-order valence-corrected chi connectivity index (χ4v) is 4.88. The van der Waals surface area contributed by atoms with E-state index >= 15 is 0 Å². The van der Waals surface area contributed by atoms with Gasteiger partial charge in [-0.25, -0.2) is 0 Å². The second-order valence-electron chi connectivity index (χ2n) is 9.26. The van der Waals surface area contributed by atoms with Gasteiger partial charge in [-0.05, 0) is 61.1 Å². The van der Waals surface area contributed by atoms with Gasteiger partial charge in [0, 0.05) is 17.7 Å². The SMILES string of the molecule is CCc1ccc(C2c3c(-c4cc(C)cc(C)c4O)n[nH]c3C(=O)N2Cc2ccc(C)cc2)cc1. The molecule has 1 atom stereocenters. The number of benzene rings is 3. The van der Waals surface area contributed by atoms with Crippen molar-refractivity contribution in [1.29, 1.82) is 0 Å². The van der Waals surface area contributed by atoms with E-state index in [1.165, 1.54) is 11.1 Å². The summed E-state index contributed by atoms with van der Waals surface area (Å²) < 4.78 is 0. The number of amides is 1. The van der Waals surface area contributed by atoms with Crippen LogP contribution >= 0.6 is 0 Å². The number of nitrogens with zero attached hydrogens (tertiary/aromatic N) is 2. The summed E-state index contributed by atoms with van der Waals surface area (Å²) in [6.45, 7) is 8.56. The van der Waals surface area contributed by atoms with Crippen LogP contribution in [0.25, 0.3) is 11.3 Å². The molecule has 0 saturated heterocycles. The van der Waals surface area contributed by atoms with Crippen LogP contribution in [0.3, 0.4) is 0 Å². The number of carbonyl (C=O) groups excluding carboxylic acids is 1. The molecule has 5 nitrogen and oxygen atoms in total. The lowest BCUT2D eigenvalue weighted by atomic mass is 9.93. The summed E-state index contributed by atoms with van der Waals surface area (Å²) >= 11 is 0. The fraction of sp³-hybridized carbons (Fsp3) is 0.241. The number of phenolic OH excluding ortho intramolecular Hbond substituents is 1. The quantitative estimate of drug-likeness (QED) is 0.390. The zero-order chi connectivity index (χ0) is 24.0. The van der Waals surface area contributed by atoms with E-state index in [2.05, 4.69) is 72.6 Å². The van der Waals surface area contributed by atoms with E-state index in [1.807, 2.05) is 30.9 Å². The molecule has 172 valence electrons. The van der Waals surface area contributed by atoms with Gasteiger partial charge in [-0.3, -0.25) is 9.89 Å². The molecule has 34 heavy (non-hydrogen) atoms. The standard InChI is InChI=1S/C29H29N3O2/c1-5-20-10-12-22(13-11-20)27-24-25(23-15-18(3)14-19(4)28(23)33)30-31-26(24)29(34)32(27)16-21-8-6-17(2)7-9-21/h6-15,27,33H,5,16H2,1-4H3,(H,30,31). The largest absolute Gasteiger partial charge is 0.507 e. The fourth-order valence-electron chi connectivity index (χ4n) is 4.88. The third kappa shape index (κ3) is 3.67. The summed E-state index contributed by atoms with van der Waals surface area (Å²) in [5.74, 6) is 0.118. The number of hydrogen-bond acceptors (Lipinski definition) is 3. The molecule has 0 radical (unpaired) electrons. The van der Waals surface area contributed by atoms with Crippen molar-refractivity contribution in [3.8, 4) is 17.0 Å². The van der Waals surface area contributed by atoms with Crippen LogP contribution < -0.4 is 0 Å². The molecule has 5 rings (SSSR count). The Morgan fingerprint density at radius 1 is 0.941 bits per heavy atom.